The molecule has 0 saturated carbocycles. The van der Waals surface area contributed by atoms with Crippen molar-refractivity contribution >= 4 is 11.7 Å². The van der Waals surface area contributed by atoms with Gasteiger partial charge in [-0.25, -0.2) is 4.79 Å². The number of aliphatic carboxylic acids is 1. The van der Waals surface area contributed by atoms with Gasteiger partial charge in [-0.2, -0.15) is 0 Å². The summed E-state index contributed by atoms with van der Waals surface area (Å²) in [6, 6.07) is 5.87. The Bertz CT molecular complexity index is 658. The van der Waals surface area contributed by atoms with Crippen LogP contribution in [0.4, 0.5) is 5.69 Å². The summed E-state index contributed by atoms with van der Waals surface area (Å²) < 4.78 is 42.4. The van der Waals surface area contributed by atoms with Crippen LogP contribution >= 0.6 is 0 Å². The van der Waals surface area contributed by atoms with Gasteiger partial charge in [0.1, 0.15) is 19.0 Å². The maximum Gasteiger partial charge on any atom is 0.329 e. The average molecular weight is 506 g/mol. The zero-order valence-corrected chi connectivity index (χ0v) is 19.8. The molecule has 0 bridgehead atoms. The number of carbonyl (C=O) groups is 1. The molecule has 0 aliphatic rings. The van der Waals surface area contributed by atoms with Gasteiger partial charge in [0.15, 0.2) is 0 Å². The van der Waals surface area contributed by atoms with Gasteiger partial charge < -0.3 is 43.0 Å². The van der Waals surface area contributed by atoms with E-state index in [1.807, 2.05) is 0 Å². The highest BCUT2D eigenvalue weighted by Crippen LogP contribution is 2.16. The summed E-state index contributed by atoms with van der Waals surface area (Å²) in [5.41, 5.74) is 0.0201. The van der Waals surface area contributed by atoms with E-state index in [4.69, 9.17) is 43.0 Å². The van der Waals surface area contributed by atoms with E-state index in [1.54, 1.807) is 12.1 Å². The van der Waals surface area contributed by atoms with Gasteiger partial charge in [0.05, 0.1) is 90.8 Å². The van der Waals surface area contributed by atoms with E-state index in [0.717, 1.165) is 0 Å². The predicted octanol–water partition coefficient (Wildman–Crippen LogP) is 1.17. The Balaban J connectivity index is 1.72. The Labute approximate surface area is 204 Å². The van der Waals surface area contributed by atoms with E-state index in [2.05, 4.69) is 0 Å². The lowest BCUT2D eigenvalue weighted by molar-refractivity contribution is -0.384. The second kappa shape index (κ2) is 22.1. The molecular weight excluding hydrogens is 470 g/mol. The van der Waals surface area contributed by atoms with Crippen LogP contribution in [0.3, 0.4) is 0 Å². The van der Waals surface area contributed by atoms with Gasteiger partial charge in [-0.15, -0.1) is 0 Å². The molecule has 0 saturated heterocycles. The van der Waals surface area contributed by atoms with Gasteiger partial charge in [0.2, 0.25) is 0 Å². The second-order valence-electron chi connectivity index (χ2n) is 6.72. The van der Waals surface area contributed by atoms with E-state index in [9.17, 15) is 14.9 Å². The summed E-state index contributed by atoms with van der Waals surface area (Å²) in [6.45, 7) is 5.36. The normalized spacial score (nSPS) is 11.0. The quantitative estimate of drug-likeness (QED) is 0.115. The molecule has 1 N–H and O–H groups in total. The van der Waals surface area contributed by atoms with Gasteiger partial charge in [-0.05, 0) is 12.1 Å². The first-order chi connectivity index (χ1) is 17.1. The van der Waals surface area contributed by atoms with Crippen LogP contribution in [0.1, 0.15) is 0 Å². The summed E-state index contributed by atoms with van der Waals surface area (Å²) in [5.74, 6) is -0.454. The number of carboxylic acids is 1. The predicted molar refractivity (Wildman–Crippen MR) is 122 cm³/mol. The van der Waals surface area contributed by atoms with Gasteiger partial charge in [0, 0.05) is 12.1 Å². The molecule has 13 heteroatoms. The smallest absolute Gasteiger partial charge is 0.329 e. The van der Waals surface area contributed by atoms with Crippen LogP contribution in [0, 0.1) is 10.1 Å². The van der Waals surface area contributed by atoms with Crippen molar-refractivity contribution in [3.8, 4) is 5.75 Å². The molecule has 0 aliphatic carbocycles. The number of nitro benzene ring substituents is 1. The van der Waals surface area contributed by atoms with Crippen molar-refractivity contribution < 1.29 is 52.7 Å². The zero-order valence-electron chi connectivity index (χ0n) is 19.8. The van der Waals surface area contributed by atoms with Crippen LogP contribution < -0.4 is 4.74 Å². The molecule has 0 aliphatic heterocycles. The van der Waals surface area contributed by atoms with Gasteiger partial charge in [-0.3, -0.25) is 10.1 Å². The fraction of sp³-hybridized carbons (Fsp3) is 0.682. The number of carboxylic acid groups (broad SMARTS) is 1. The lowest BCUT2D eigenvalue weighted by atomic mass is 10.3. The van der Waals surface area contributed by atoms with E-state index in [1.165, 1.54) is 12.1 Å². The third-order valence-electron chi connectivity index (χ3n) is 4.00. The number of hydrogen-bond acceptors (Lipinski definition) is 11. The molecule has 0 heterocycles. The van der Waals surface area contributed by atoms with Crippen molar-refractivity contribution in [1.82, 2.24) is 0 Å². The highest BCUT2D eigenvalue weighted by atomic mass is 16.6. The Kier molecular flexibility index (Phi) is 19.3. The van der Waals surface area contributed by atoms with Crippen molar-refractivity contribution in [1.29, 1.82) is 0 Å². The summed E-state index contributed by atoms with van der Waals surface area (Å²) in [4.78, 5) is 20.4. The molecule has 0 spiro atoms. The third kappa shape index (κ3) is 19.6. The fourth-order valence-corrected chi connectivity index (χ4v) is 2.36. The highest BCUT2D eigenvalue weighted by Gasteiger charge is 2.04. The fourth-order valence-electron chi connectivity index (χ4n) is 2.36. The molecule has 0 radical (unpaired) electrons. The maximum absolute atomic E-state index is 10.6. The van der Waals surface area contributed by atoms with E-state index < -0.39 is 10.9 Å². The first-order valence-electron chi connectivity index (χ1n) is 11.2. The zero-order chi connectivity index (χ0) is 25.4. The summed E-state index contributed by atoms with van der Waals surface area (Å²) >= 11 is 0. The van der Waals surface area contributed by atoms with Crippen LogP contribution in [0.25, 0.3) is 0 Å². The van der Waals surface area contributed by atoms with Gasteiger partial charge in [0.25, 0.3) is 5.69 Å². The van der Waals surface area contributed by atoms with E-state index >= 15 is 0 Å². The second-order valence-corrected chi connectivity index (χ2v) is 6.72. The molecule has 0 amide bonds. The van der Waals surface area contributed by atoms with Gasteiger partial charge >= 0.3 is 5.97 Å². The minimum Gasteiger partial charge on any atom is -0.491 e. The van der Waals surface area contributed by atoms with Crippen LogP contribution in [0.15, 0.2) is 24.3 Å². The first kappa shape index (κ1) is 30.6. The molecule has 0 atom stereocenters. The molecule has 0 aromatic heterocycles. The van der Waals surface area contributed by atoms with Gasteiger partial charge in [-0.1, -0.05) is 0 Å². The van der Waals surface area contributed by atoms with E-state index in [-0.39, 0.29) is 18.9 Å². The summed E-state index contributed by atoms with van der Waals surface area (Å²) in [7, 11) is 0. The van der Waals surface area contributed by atoms with Crippen LogP contribution in [0.2, 0.25) is 0 Å². The Morgan fingerprint density at radius 1 is 0.629 bits per heavy atom. The van der Waals surface area contributed by atoms with Crippen LogP contribution in [-0.2, 0) is 38.0 Å². The number of benzene rings is 1. The van der Waals surface area contributed by atoms with Crippen molar-refractivity contribution in [2.75, 3.05) is 99.1 Å². The van der Waals surface area contributed by atoms with Crippen molar-refractivity contribution in [3.05, 3.63) is 34.4 Å². The van der Waals surface area contributed by atoms with Crippen LogP contribution in [0.5, 0.6) is 5.75 Å². The molecule has 1 aromatic carbocycles. The molecule has 200 valence electrons. The number of ether oxygens (including phenoxy) is 8. The molecule has 13 nitrogen and oxygen atoms in total. The lowest BCUT2D eigenvalue weighted by Crippen LogP contribution is -2.15. The van der Waals surface area contributed by atoms with Crippen molar-refractivity contribution in [2.45, 2.75) is 0 Å². The molecule has 0 fully saturated rings. The summed E-state index contributed by atoms with van der Waals surface area (Å²) in [6.07, 6.45) is 0. The number of non-ortho nitro benzene ring substituents is 1. The van der Waals surface area contributed by atoms with Crippen molar-refractivity contribution in [3.63, 3.8) is 0 Å². The van der Waals surface area contributed by atoms with E-state index in [0.29, 0.717) is 91.6 Å². The summed E-state index contributed by atoms with van der Waals surface area (Å²) in [5, 5.41) is 19.0. The minimum absolute atomic E-state index is 0.0201. The first-order valence-corrected chi connectivity index (χ1v) is 11.2. The topological polar surface area (TPSA) is 154 Å². The standard InChI is InChI=1S/C22H35NO12/c24-22(25)19-34-16-15-32-12-11-30-8-7-28-5-6-29-9-10-31-13-14-33-17-18-35-21-3-1-20(2-4-21)23(26)27/h1-4H,5-19H2,(H,24,25). The number of nitro groups is 1. The molecule has 1 aromatic rings. The van der Waals surface area contributed by atoms with Crippen LogP contribution in [-0.4, -0.2) is 115 Å². The Morgan fingerprint density at radius 3 is 1.31 bits per heavy atom. The molecular formula is C22H35NO12. The number of rotatable bonds is 25. The lowest BCUT2D eigenvalue weighted by Gasteiger charge is -2.09. The SMILES string of the molecule is O=C(O)COCCOCCOCCOCCOCCOCCOCCOc1ccc([N+](=O)[O-])cc1. The highest BCUT2D eigenvalue weighted by molar-refractivity contribution is 5.67. The number of nitrogens with zero attached hydrogens (tertiary/aromatic N) is 1. The third-order valence-corrected chi connectivity index (χ3v) is 4.00. The Morgan fingerprint density at radius 2 is 0.971 bits per heavy atom. The molecule has 0 unspecified atom stereocenters. The molecule has 1 rings (SSSR count). The minimum atomic E-state index is -1.00. The largest absolute Gasteiger partial charge is 0.491 e. The molecule has 35 heavy (non-hydrogen) atoms. The Hall–Kier alpha value is -2.39. The average Bonchev–Trinajstić information content (AvgIpc) is 2.84. The maximum atomic E-state index is 10.6. The van der Waals surface area contributed by atoms with Crippen molar-refractivity contribution in [2.24, 2.45) is 0 Å². The monoisotopic (exact) mass is 505 g/mol. The number of hydrogen-bond donors (Lipinski definition) is 1.